The Balaban J connectivity index is 1.21. The van der Waals surface area contributed by atoms with E-state index in [1.807, 2.05) is 12.1 Å². The summed E-state index contributed by atoms with van der Waals surface area (Å²) in [5, 5.41) is 3.51. The van der Waals surface area contributed by atoms with E-state index in [4.69, 9.17) is 14.2 Å². The molecule has 0 unspecified atom stereocenters. The zero-order valence-corrected chi connectivity index (χ0v) is 17.8. The molecule has 5 heteroatoms. The molecule has 0 bridgehead atoms. The second kappa shape index (κ2) is 6.98. The normalized spacial score (nSPS) is 42.4. The van der Waals surface area contributed by atoms with Gasteiger partial charge in [-0.1, -0.05) is 32.4 Å². The van der Waals surface area contributed by atoms with Gasteiger partial charge in [-0.05, 0) is 55.8 Å². The maximum Gasteiger partial charge on any atom is 0.311 e. The minimum Gasteiger partial charge on any atom is -0.497 e. The van der Waals surface area contributed by atoms with Gasteiger partial charge < -0.3 is 19.5 Å². The number of ether oxygens (including phenoxy) is 3. The highest BCUT2D eigenvalue weighted by molar-refractivity contribution is 5.76. The lowest BCUT2D eigenvalue weighted by molar-refractivity contribution is -0.146. The van der Waals surface area contributed by atoms with Gasteiger partial charge in [-0.15, -0.1) is 0 Å². The first-order chi connectivity index (χ1) is 14.0. The largest absolute Gasteiger partial charge is 0.497 e. The van der Waals surface area contributed by atoms with Crippen LogP contribution in [-0.4, -0.2) is 44.0 Å². The van der Waals surface area contributed by atoms with Crippen molar-refractivity contribution in [2.24, 2.45) is 23.2 Å². The summed E-state index contributed by atoms with van der Waals surface area (Å²) < 4.78 is 17.6. The Bertz CT molecular complexity index is 780. The van der Waals surface area contributed by atoms with E-state index in [-0.39, 0.29) is 41.0 Å². The number of carbonyl (C=O) groups is 1. The predicted octanol–water partition coefficient (Wildman–Crippen LogP) is 3.35. The lowest BCUT2D eigenvalue weighted by atomic mass is 9.53. The number of esters is 1. The molecule has 2 saturated carbocycles. The van der Waals surface area contributed by atoms with Crippen molar-refractivity contribution < 1.29 is 19.0 Å². The van der Waals surface area contributed by atoms with Gasteiger partial charge in [0.25, 0.3) is 0 Å². The van der Waals surface area contributed by atoms with E-state index in [0.29, 0.717) is 12.5 Å². The number of nitrogens with one attached hydrogen (secondary N) is 1. The van der Waals surface area contributed by atoms with Crippen molar-refractivity contribution in [1.29, 1.82) is 0 Å². The molecule has 0 radical (unpaired) electrons. The van der Waals surface area contributed by atoms with Crippen LogP contribution < -0.4 is 10.1 Å². The summed E-state index contributed by atoms with van der Waals surface area (Å²) in [6.45, 7) is 6.24. The number of rotatable bonds is 6. The molecule has 2 heterocycles. The van der Waals surface area contributed by atoms with Crippen molar-refractivity contribution in [2.45, 2.75) is 63.8 Å². The number of epoxide rings is 1. The molecule has 0 amide bonds. The fourth-order valence-corrected chi connectivity index (χ4v) is 6.75. The number of benzene rings is 1. The van der Waals surface area contributed by atoms with Crippen LogP contribution in [0.4, 0.5) is 0 Å². The van der Waals surface area contributed by atoms with Crippen LogP contribution in [0.2, 0.25) is 0 Å². The molecule has 4 fully saturated rings. The van der Waals surface area contributed by atoms with Crippen LogP contribution in [0.15, 0.2) is 24.3 Å². The van der Waals surface area contributed by atoms with Crippen molar-refractivity contribution in [3.8, 4) is 5.75 Å². The van der Waals surface area contributed by atoms with Gasteiger partial charge in [-0.3, -0.25) is 4.79 Å². The Morgan fingerprint density at radius 3 is 2.83 bits per heavy atom. The van der Waals surface area contributed by atoms with E-state index in [1.54, 1.807) is 7.11 Å². The maximum absolute atomic E-state index is 12.7. The minimum absolute atomic E-state index is 0.0122. The van der Waals surface area contributed by atoms with Crippen molar-refractivity contribution in [3.05, 3.63) is 29.8 Å². The van der Waals surface area contributed by atoms with Gasteiger partial charge in [-0.25, -0.2) is 0 Å². The molecule has 2 saturated heterocycles. The molecular formula is C24H33NO4. The molecule has 1 N–H and O–H groups in total. The van der Waals surface area contributed by atoms with Crippen molar-refractivity contribution in [2.75, 3.05) is 20.2 Å². The minimum atomic E-state index is -0.0843. The summed E-state index contributed by atoms with van der Waals surface area (Å²) >= 11 is 0. The Labute approximate surface area is 173 Å². The first kappa shape index (κ1) is 19.4. The zero-order valence-electron chi connectivity index (χ0n) is 17.8. The maximum atomic E-state index is 12.7. The highest BCUT2D eigenvalue weighted by atomic mass is 16.6. The van der Waals surface area contributed by atoms with Gasteiger partial charge in [-0.2, -0.15) is 0 Å². The number of hydrogen-bond donors (Lipinski definition) is 1. The zero-order chi connectivity index (χ0) is 20.2. The summed E-state index contributed by atoms with van der Waals surface area (Å²) in [6, 6.07) is 8.16. The smallest absolute Gasteiger partial charge is 0.311 e. The molecule has 1 aromatic rings. The third-order valence-corrected chi connectivity index (χ3v) is 8.31. The molecule has 7 atom stereocenters. The second-order valence-electron chi connectivity index (χ2n) is 9.85. The van der Waals surface area contributed by atoms with Crippen molar-refractivity contribution in [3.63, 3.8) is 0 Å². The number of methoxy groups -OCH3 is 1. The van der Waals surface area contributed by atoms with Gasteiger partial charge in [0.05, 0.1) is 19.1 Å². The Morgan fingerprint density at radius 2 is 2.07 bits per heavy atom. The first-order valence-corrected chi connectivity index (χ1v) is 11.2. The van der Waals surface area contributed by atoms with Gasteiger partial charge >= 0.3 is 5.97 Å². The van der Waals surface area contributed by atoms with Crippen LogP contribution in [0.3, 0.4) is 0 Å². The Kier molecular flexibility index (Phi) is 4.67. The SMILES string of the molecule is COc1ccc(CCNC[C@H]2C(=O)O[C@@H]3C[C@]4(C)CCC[C@@H](C)[C@]45O[C@H]5[C@H]32)cc1. The van der Waals surface area contributed by atoms with E-state index in [1.165, 1.54) is 24.8 Å². The topological polar surface area (TPSA) is 60.1 Å². The molecular weight excluding hydrogens is 366 g/mol. The van der Waals surface area contributed by atoms with Gasteiger partial charge in [0.2, 0.25) is 0 Å². The average molecular weight is 400 g/mol. The van der Waals surface area contributed by atoms with Gasteiger partial charge in [0.1, 0.15) is 17.5 Å². The molecule has 0 aromatic heterocycles. The summed E-state index contributed by atoms with van der Waals surface area (Å²) in [4.78, 5) is 12.7. The van der Waals surface area contributed by atoms with Crippen LogP contribution in [0, 0.1) is 23.2 Å². The van der Waals surface area contributed by atoms with Crippen LogP contribution in [0.1, 0.15) is 45.1 Å². The number of fused-ring (bicyclic) bond motifs is 2. The molecule has 29 heavy (non-hydrogen) atoms. The lowest BCUT2D eigenvalue weighted by Gasteiger charge is -2.48. The molecule has 158 valence electrons. The van der Waals surface area contributed by atoms with Crippen LogP contribution in [0.5, 0.6) is 5.75 Å². The van der Waals surface area contributed by atoms with Gasteiger partial charge in [0.15, 0.2) is 0 Å². The monoisotopic (exact) mass is 399 g/mol. The van der Waals surface area contributed by atoms with Crippen LogP contribution in [-0.2, 0) is 20.7 Å². The molecule has 5 rings (SSSR count). The standard InChI is InChI=1S/C24H33NO4/c1-15-5-4-11-23(2)13-19-20(21-24(15,23)29-21)18(22(26)28-19)14-25-12-10-16-6-8-17(27-3)9-7-16/h6-9,15,18-21,25H,4-5,10-14H2,1-3H3/t15-,18-,19-,20+,21+,23+,24-/m1/s1. The first-order valence-electron chi connectivity index (χ1n) is 11.2. The molecule has 2 aliphatic heterocycles. The van der Waals surface area contributed by atoms with E-state index < -0.39 is 0 Å². The second-order valence-corrected chi connectivity index (χ2v) is 9.85. The van der Waals surface area contributed by atoms with Gasteiger partial charge in [0, 0.05) is 17.9 Å². The lowest BCUT2D eigenvalue weighted by Crippen LogP contribution is -2.54. The van der Waals surface area contributed by atoms with Crippen LogP contribution in [0.25, 0.3) is 0 Å². The fourth-order valence-electron chi connectivity index (χ4n) is 6.75. The summed E-state index contributed by atoms with van der Waals surface area (Å²) in [5.41, 5.74) is 1.41. The number of hydrogen-bond acceptors (Lipinski definition) is 5. The average Bonchev–Trinajstić information content (AvgIpc) is 3.39. The molecule has 1 spiro atoms. The van der Waals surface area contributed by atoms with Crippen LogP contribution >= 0.6 is 0 Å². The molecule has 1 aromatic carbocycles. The molecule has 4 aliphatic rings. The fraction of sp³-hybridized carbons (Fsp3) is 0.708. The van der Waals surface area contributed by atoms with Crippen molar-refractivity contribution >= 4 is 5.97 Å². The highest BCUT2D eigenvalue weighted by Crippen LogP contribution is 2.70. The molecule has 5 nitrogen and oxygen atoms in total. The van der Waals surface area contributed by atoms with E-state index in [0.717, 1.165) is 25.1 Å². The summed E-state index contributed by atoms with van der Waals surface area (Å²) in [7, 11) is 1.68. The van der Waals surface area contributed by atoms with Crippen molar-refractivity contribution in [1.82, 2.24) is 5.32 Å². The molecule has 2 aliphatic carbocycles. The highest BCUT2D eigenvalue weighted by Gasteiger charge is 2.78. The predicted molar refractivity (Wildman–Crippen MR) is 110 cm³/mol. The Hall–Kier alpha value is -1.59. The third kappa shape index (κ3) is 2.92. The van der Waals surface area contributed by atoms with E-state index >= 15 is 0 Å². The van der Waals surface area contributed by atoms with E-state index in [2.05, 4.69) is 31.3 Å². The summed E-state index contributed by atoms with van der Waals surface area (Å²) in [5.74, 6) is 1.55. The summed E-state index contributed by atoms with van der Waals surface area (Å²) in [6.07, 6.45) is 5.82. The third-order valence-electron chi connectivity index (χ3n) is 8.31. The quantitative estimate of drug-likeness (QED) is 0.452. The Morgan fingerprint density at radius 1 is 1.28 bits per heavy atom. The van der Waals surface area contributed by atoms with E-state index in [9.17, 15) is 4.79 Å². The number of carbonyl (C=O) groups excluding carboxylic acids is 1.